The Morgan fingerprint density at radius 3 is 2.27 bits per heavy atom. The molecule has 0 aliphatic carbocycles. The van der Waals surface area contributed by atoms with Crippen molar-refractivity contribution in [1.82, 2.24) is 4.90 Å². The van der Waals surface area contributed by atoms with Crippen LogP contribution < -0.4 is 0 Å². The van der Waals surface area contributed by atoms with Gasteiger partial charge in [-0.2, -0.15) is 0 Å². The van der Waals surface area contributed by atoms with E-state index in [4.69, 9.17) is 5.11 Å². The average molecular weight is 155 g/mol. The number of nitrogens with zero attached hydrogens (tertiary/aromatic N) is 1. The summed E-state index contributed by atoms with van der Waals surface area (Å²) in [5.74, 6) is -0.224. The molecule has 0 rings (SSSR count). The SMILES string of the molecule is C=C(O)/C=C(\C)C(=O)N(C)C. The number of rotatable bonds is 2. The van der Waals surface area contributed by atoms with Crippen LogP contribution >= 0.6 is 0 Å². The van der Waals surface area contributed by atoms with E-state index < -0.39 is 0 Å². The normalized spacial score (nSPS) is 11.0. The Balaban J connectivity index is 4.36. The molecule has 0 aliphatic heterocycles. The third kappa shape index (κ3) is 3.45. The van der Waals surface area contributed by atoms with Crippen molar-refractivity contribution in [2.24, 2.45) is 0 Å². The quantitative estimate of drug-likeness (QED) is 0.368. The third-order valence-electron chi connectivity index (χ3n) is 1.13. The van der Waals surface area contributed by atoms with E-state index >= 15 is 0 Å². The predicted octanol–water partition coefficient (Wildman–Crippen LogP) is 1.09. The molecule has 0 aromatic rings. The Hall–Kier alpha value is -1.25. The summed E-state index contributed by atoms with van der Waals surface area (Å²) in [6.45, 7) is 4.87. The second-order valence-corrected chi connectivity index (χ2v) is 2.52. The van der Waals surface area contributed by atoms with Gasteiger partial charge in [-0.1, -0.05) is 6.58 Å². The molecule has 0 heterocycles. The van der Waals surface area contributed by atoms with Crippen LogP contribution in [0.4, 0.5) is 0 Å². The number of carbonyl (C=O) groups excluding carboxylic acids is 1. The number of amides is 1. The summed E-state index contributed by atoms with van der Waals surface area (Å²) in [6, 6.07) is 0. The van der Waals surface area contributed by atoms with E-state index in [1.54, 1.807) is 21.0 Å². The van der Waals surface area contributed by atoms with Gasteiger partial charge in [0.2, 0.25) is 5.91 Å². The second-order valence-electron chi connectivity index (χ2n) is 2.52. The highest BCUT2D eigenvalue weighted by molar-refractivity contribution is 5.92. The predicted molar refractivity (Wildman–Crippen MR) is 44.2 cm³/mol. The third-order valence-corrected chi connectivity index (χ3v) is 1.13. The maximum atomic E-state index is 11.1. The molecule has 0 saturated heterocycles. The van der Waals surface area contributed by atoms with Crippen molar-refractivity contribution in [1.29, 1.82) is 0 Å². The van der Waals surface area contributed by atoms with Crippen LogP contribution in [0.2, 0.25) is 0 Å². The van der Waals surface area contributed by atoms with Gasteiger partial charge in [0.1, 0.15) is 5.76 Å². The largest absolute Gasteiger partial charge is 0.509 e. The summed E-state index contributed by atoms with van der Waals surface area (Å²) < 4.78 is 0. The molecule has 0 fully saturated rings. The van der Waals surface area contributed by atoms with Crippen molar-refractivity contribution in [3.63, 3.8) is 0 Å². The van der Waals surface area contributed by atoms with Gasteiger partial charge >= 0.3 is 0 Å². The van der Waals surface area contributed by atoms with Crippen molar-refractivity contribution in [3.05, 3.63) is 24.0 Å². The molecular weight excluding hydrogens is 142 g/mol. The fourth-order valence-electron chi connectivity index (χ4n) is 0.664. The molecule has 0 bridgehead atoms. The van der Waals surface area contributed by atoms with E-state index in [9.17, 15) is 4.79 Å². The standard InChI is InChI=1S/C8H13NO2/c1-6(5-7(2)10)8(11)9(3)4/h5,10H,2H2,1,3-4H3/b6-5+. The van der Waals surface area contributed by atoms with E-state index in [1.165, 1.54) is 11.0 Å². The lowest BCUT2D eigenvalue weighted by molar-refractivity contribution is -0.124. The molecule has 0 radical (unpaired) electrons. The summed E-state index contributed by atoms with van der Waals surface area (Å²) in [6.07, 6.45) is 1.34. The van der Waals surface area contributed by atoms with E-state index in [2.05, 4.69) is 6.58 Å². The first-order valence-electron chi connectivity index (χ1n) is 3.23. The zero-order chi connectivity index (χ0) is 9.02. The molecule has 0 atom stereocenters. The van der Waals surface area contributed by atoms with E-state index in [-0.39, 0.29) is 11.7 Å². The number of aliphatic hydroxyl groups excluding tert-OH is 1. The van der Waals surface area contributed by atoms with Gasteiger partial charge in [0, 0.05) is 19.7 Å². The van der Waals surface area contributed by atoms with Crippen molar-refractivity contribution < 1.29 is 9.90 Å². The molecule has 11 heavy (non-hydrogen) atoms. The lowest BCUT2D eigenvalue weighted by Gasteiger charge is -2.09. The molecule has 0 spiro atoms. The lowest BCUT2D eigenvalue weighted by Crippen LogP contribution is -2.22. The van der Waals surface area contributed by atoms with Gasteiger partial charge in [-0.3, -0.25) is 4.79 Å². The molecule has 0 unspecified atom stereocenters. The highest BCUT2D eigenvalue weighted by atomic mass is 16.3. The summed E-state index contributed by atoms with van der Waals surface area (Å²) in [5.41, 5.74) is 0.475. The van der Waals surface area contributed by atoms with Crippen LogP contribution in [-0.4, -0.2) is 30.0 Å². The van der Waals surface area contributed by atoms with Gasteiger partial charge < -0.3 is 10.0 Å². The van der Waals surface area contributed by atoms with Crippen LogP contribution in [0.3, 0.4) is 0 Å². The minimum Gasteiger partial charge on any atom is -0.509 e. The first-order valence-corrected chi connectivity index (χ1v) is 3.23. The number of aliphatic hydroxyl groups is 1. The lowest BCUT2D eigenvalue weighted by atomic mass is 10.2. The monoisotopic (exact) mass is 155 g/mol. The Morgan fingerprint density at radius 1 is 1.55 bits per heavy atom. The number of allylic oxidation sites excluding steroid dienone is 1. The highest BCUT2D eigenvalue weighted by Crippen LogP contribution is 1.99. The molecule has 62 valence electrons. The minimum absolute atomic E-state index is 0.0994. The Bertz CT molecular complexity index is 204. The molecule has 0 aromatic heterocycles. The Labute approximate surface area is 66.6 Å². The van der Waals surface area contributed by atoms with Crippen LogP contribution in [-0.2, 0) is 4.79 Å². The molecule has 0 saturated carbocycles. The molecule has 0 aromatic carbocycles. The molecular formula is C8H13NO2. The average Bonchev–Trinajstić information content (AvgIpc) is 1.84. The first kappa shape index (κ1) is 9.75. The summed E-state index contributed by atoms with van der Waals surface area (Å²) in [5, 5.41) is 8.71. The molecule has 3 heteroatoms. The van der Waals surface area contributed by atoms with Gasteiger partial charge in [0.15, 0.2) is 0 Å². The maximum absolute atomic E-state index is 11.1. The number of likely N-dealkylation sites (N-methyl/N-ethyl adjacent to an activating group) is 1. The van der Waals surface area contributed by atoms with Crippen LogP contribution in [0.25, 0.3) is 0 Å². The zero-order valence-electron chi connectivity index (χ0n) is 7.09. The maximum Gasteiger partial charge on any atom is 0.249 e. The van der Waals surface area contributed by atoms with Crippen LogP contribution in [0.5, 0.6) is 0 Å². The molecule has 3 nitrogen and oxygen atoms in total. The fourth-order valence-corrected chi connectivity index (χ4v) is 0.664. The van der Waals surface area contributed by atoms with Gasteiger partial charge in [-0.15, -0.1) is 0 Å². The Kier molecular flexibility index (Phi) is 3.37. The first-order chi connectivity index (χ1) is 4.95. The van der Waals surface area contributed by atoms with E-state index in [0.717, 1.165) is 0 Å². The van der Waals surface area contributed by atoms with Gasteiger partial charge in [-0.05, 0) is 13.0 Å². The van der Waals surface area contributed by atoms with Gasteiger partial charge in [-0.25, -0.2) is 0 Å². The fraction of sp³-hybridized carbons (Fsp3) is 0.375. The smallest absolute Gasteiger partial charge is 0.249 e. The number of carbonyl (C=O) groups is 1. The summed E-state index contributed by atoms with van der Waals surface area (Å²) >= 11 is 0. The van der Waals surface area contributed by atoms with Crippen molar-refractivity contribution in [3.8, 4) is 0 Å². The highest BCUT2D eigenvalue weighted by Gasteiger charge is 2.05. The van der Waals surface area contributed by atoms with Crippen LogP contribution in [0.15, 0.2) is 24.0 Å². The zero-order valence-corrected chi connectivity index (χ0v) is 7.09. The van der Waals surface area contributed by atoms with Gasteiger partial charge in [0.05, 0.1) is 0 Å². The van der Waals surface area contributed by atoms with E-state index in [0.29, 0.717) is 5.57 Å². The molecule has 1 amide bonds. The molecule has 0 aliphatic rings. The van der Waals surface area contributed by atoms with Crippen LogP contribution in [0.1, 0.15) is 6.92 Å². The van der Waals surface area contributed by atoms with Crippen molar-refractivity contribution in [2.45, 2.75) is 6.92 Å². The number of hydrogen-bond acceptors (Lipinski definition) is 2. The van der Waals surface area contributed by atoms with E-state index in [1.807, 2.05) is 0 Å². The summed E-state index contributed by atoms with van der Waals surface area (Å²) in [4.78, 5) is 12.5. The second kappa shape index (κ2) is 3.81. The van der Waals surface area contributed by atoms with Crippen molar-refractivity contribution >= 4 is 5.91 Å². The Morgan fingerprint density at radius 2 is 2.00 bits per heavy atom. The molecule has 1 N–H and O–H groups in total. The van der Waals surface area contributed by atoms with Crippen molar-refractivity contribution in [2.75, 3.05) is 14.1 Å². The minimum atomic E-state index is -0.125. The number of hydrogen-bond donors (Lipinski definition) is 1. The summed E-state index contributed by atoms with van der Waals surface area (Å²) in [7, 11) is 3.31. The topological polar surface area (TPSA) is 40.5 Å². The van der Waals surface area contributed by atoms with Crippen LogP contribution in [0, 0.1) is 0 Å². The van der Waals surface area contributed by atoms with Gasteiger partial charge in [0.25, 0.3) is 0 Å².